The van der Waals surface area contributed by atoms with Crippen molar-refractivity contribution < 1.29 is 13.2 Å². The van der Waals surface area contributed by atoms with Crippen molar-refractivity contribution in [3.63, 3.8) is 0 Å². The van der Waals surface area contributed by atoms with Gasteiger partial charge < -0.3 is 9.13 Å². The first-order valence-electron chi connectivity index (χ1n) is 21.7. The molecule has 0 fully saturated rings. The summed E-state index contributed by atoms with van der Waals surface area (Å²) in [5.74, 6) is 1.92. The van der Waals surface area contributed by atoms with Gasteiger partial charge in [-0.25, -0.2) is 39.9 Å². The van der Waals surface area contributed by atoms with Crippen LogP contribution in [0.1, 0.15) is 16.7 Å². The van der Waals surface area contributed by atoms with Crippen molar-refractivity contribution in [2.75, 3.05) is 0 Å². The van der Waals surface area contributed by atoms with Crippen LogP contribution in [0.25, 0.3) is 112 Å². The molecule has 6 aromatic heterocycles. The largest absolute Gasteiger partial charge is 0.417 e. The summed E-state index contributed by atoms with van der Waals surface area (Å²) in [6.07, 6.45) is 8.31. The second-order valence-corrected chi connectivity index (χ2v) is 16.2. The molecule has 0 aliphatic carbocycles. The average Bonchev–Trinajstić information content (AvgIpc) is 3.92. The molecule has 12 aromatic rings. The molecule has 0 saturated carbocycles. The van der Waals surface area contributed by atoms with Crippen molar-refractivity contribution in [3.8, 4) is 80.2 Å². The van der Waals surface area contributed by atoms with E-state index in [0.29, 0.717) is 56.5 Å². The van der Waals surface area contributed by atoms with Gasteiger partial charge in [0.2, 0.25) is 0 Å². The van der Waals surface area contributed by atoms with Crippen molar-refractivity contribution in [1.82, 2.24) is 49.0 Å². The Labute approximate surface area is 395 Å². The highest BCUT2D eigenvalue weighted by Crippen LogP contribution is 2.46. The fourth-order valence-corrected chi connectivity index (χ4v) is 9.32. The normalized spacial score (nSPS) is 11.6. The number of nitriles is 2. The van der Waals surface area contributed by atoms with Crippen molar-refractivity contribution in [1.29, 1.82) is 10.5 Å². The quantitative estimate of drug-likeness (QED) is 0.150. The summed E-state index contributed by atoms with van der Waals surface area (Å²) >= 11 is 0. The number of aromatic nitrogens is 10. The molecule has 330 valence electrons. The summed E-state index contributed by atoms with van der Waals surface area (Å²) in [4.78, 5) is 35.9. The SMILES string of the molecule is N#Cc1cc(-n2c3ccc(-c4ncccn4)cc3c3cc(-c4ncccn4)ccc32)c(-c2c(C#N)cccc2C(F)(F)F)cc1-n1c2ccc(-c3ncccn3)cc2c2cc(-c3ncccn3)ccc21. The summed E-state index contributed by atoms with van der Waals surface area (Å²) in [5, 5.41) is 24.9. The Balaban J connectivity index is 1.20. The molecule has 0 saturated heterocycles. The lowest BCUT2D eigenvalue weighted by atomic mass is 9.91. The Morgan fingerprint density at radius 3 is 1.09 bits per heavy atom. The standard InChI is InChI=1S/C55H29F3N12/c56-55(57,58)43-7-1-6-36(30-59)50(43)42-29-48(69-44-12-8-32(51-61-16-2-17-62-51)24-38(44)39-25-33(9-13-45(39)69)52-63-18-3-19-64-52)37(31-60)28-49(42)70-46-14-10-34(53-65-20-4-21-66-53)26-40(46)41-27-35(11-15-47(41)70)54-67-22-5-23-68-54/h1-29H. The van der Waals surface area contributed by atoms with E-state index in [1.165, 1.54) is 12.1 Å². The van der Waals surface area contributed by atoms with Gasteiger partial charge in [0.25, 0.3) is 0 Å². The van der Waals surface area contributed by atoms with Crippen molar-refractivity contribution in [3.05, 3.63) is 194 Å². The zero-order valence-electron chi connectivity index (χ0n) is 36.2. The van der Waals surface area contributed by atoms with Crippen LogP contribution in [0.4, 0.5) is 13.2 Å². The minimum atomic E-state index is -4.89. The third-order valence-corrected chi connectivity index (χ3v) is 12.3. The number of halogens is 3. The van der Waals surface area contributed by atoms with Crippen LogP contribution in [0.3, 0.4) is 0 Å². The summed E-state index contributed by atoms with van der Waals surface area (Å²) in [6.45, 7) is 0. The Morgan fingerprint density at radius 2 is 0.743 bits per heavy atom. The van der Waals surface area contributed by atoms with E-state index in [4.69, 9.17) is 0 Å². The maximum Gasteiger partial charge on any atom is 0.417 e. The van der Waals surface area contributed by atoms with Crippen LogP contribution >= 0.6 is 0 Å². The van der Waals surface area contributed by atoms with E-state index in [-0.39, 0.29) is 33.6 Å². The molecule has 15 heteroatoms. The third kappa shape index (κ3) is 6.84. The van der Waals surface area contributed by atoms with Crippen LogP contribution in [0, 0.1) is 22.7 Å². The van der Waals surface area contributed by atoms with Crippen LogP contribution in [-0.4, -0.2) is 49.0 Å². The highest BCUT2D eigenvalue weighted by atomic mass is 19.4. The van der Waals surface area contributed by atoms with E-state index in [1.54, 1.807) is 86.0 Å². The molecule has 0 atom stereocenters. The summed E-state index contributed by atoms with van der Waals surface area (Å²) in [6, 6.07) is 40.8. The van der Waals surface area contributed by atoms with Crippen molar-refractivity contribution in [2.45, 2.75) is 6.18 Å². The second-order valence-electron chi connectivity index (χ2n) is 16.2. The van der Waals surface area contributed by atoms with Gasteiger partial charge >= 0.3 is 6.18 Å². The highest BCUT2D eigenvalue weighted by Gasteiger charge is 2.36. The smallest absolute Gasteiger partial charge is 0.309 e. The number of hydrogen-bond acceptors (Lipinski definition) is 10. The molecule has 0 spiro atoms. The molecule has 0 amide bonds. The Morgan fingerprint density at radius 1 is 0.386 bits per heavy atom. The molecule has 0 N–H and O–H groups in total. The van der Waals surface area contributed by atoms with Crippen LogP contribution in [0.15, 0.2) is 177 Å². The molecule has 70 heavy (non-hydrogen) atoms. The maximum atomic E-state index is 15.5. The Hall–Kier alpha value is -9.99. The van der Waals surface area contributed by atoms with E-state index in [2.05, 4.69) is 52.0 Å². The number of benzene rings is 6. The number of alkyl halides is 3. The summed E-state index contributed by atoms with van der Waals surface area (Å²) < 4.78 is 50.3. The topological polar surface area (TPSA) is 161 Å². The molecule has 6 heterocycles. The first kappa shape index (κ1) is 41.4. The van der Waals surface area contributed by atoms with Gasteiger partial charge in [-0.3, -0.25) is 0 Å². The van der Waals surface area contributed by atoms with Gasteiger partial charge in [-0.05, 0) is 121 Å². The van der Waals surface area contributed by atoms with Gasteiger partial charge in [-0.15, -0.1) is 0 Å². The fraction of sp³-hybridized carbons (Fsp3) is 0.0182. The molecule has 0 bridgehead atoms. The number of nitrogens with zero attached hydrogens (tertiary/aromatic N) is 12. The number of fused-ring (bicyclic) bond motifs is 6. The average molecular weight is 915 g/mol. The predicted molar refractivity (Wildman–Crippen MR) is 259 cm³/mol. The van der Waals surface area contributed by atoms with Crippen LogP contribution in [0.5, 0.6) is 0 Å². The molecule has 0 radical (unpaired) electrons. The molecule has 6 aromatic carbocycles. The number of hydrogen-bond donors (Lipinski definition) is 0. The zero-order chi connectivity index (χ0) is 47.5. The van der Waals surface area contributed by atoms with Crippen LogP contribution < -0.4 is 0 Å². The van der Waals surface area contributed by atoms with Gasteiger partial charge in [0.1, 0.15) is 6.07 Å². The molecular weight excluding hydrogens is 886 g/mol. The minimum absolute atomic E-state index is 0.0572. The third-order valence-electron chi connectivity index (χ3n) is 12.3. The Kier molecular flexibility index (Phi) is 9.71. The van der Waals surface area contributed by atoms with Crippen LogP contribution in [0.2, 0.25) is 0 Å². The van der Waals surface area contributed by atoms with E-state index in [9.17, 15) is 10.5 Å². The summed E-state index contributed by atoms with van der Waals surface area (Å²) in [5.41, 5.74) is 4.48. The first-order valence-corrected chi connectivity index (χ1v) is 21.7. The van der Waals surface area contributed by atoms with Gasteiger partial charge in [0.05, 0.1) is 56.2 Å². The molecular formula is C55H29F3N12. The molecule has 0 aliphatic heterocycles. The monoisotopic (exact) mass is 914 g/mol. The van der Waals surface area contributed by atoms with E-state index >= 15 is 13.2 Å². The fourth-order valence-electron chi connectivity index (χ4n) is 9.32. The lowest BCUT2D eigenvalue weighted by Crippen LogP contribution is -2.11. The minimum Gasteiger partial charge on any atom is -0.309 e. The predicted octanol–water partition coefficient (Wildman–Crippen LogP) is 12.1. The zero-order valence-corrected chi connectivity index (χ0v) is 36.2. The van der Waals surface area contributed by atoms with E-state index in [0.717, 1.165) is 38.7 Å². The maximum absolute atomic E-state index is 15.5. The molecule has 0 aliphatic rings. The van der Waals surface area contributed by atoms with Crippen molar-refractivity contribution in [2.24, 2.45) is 0 Å². The molecule has 0 unspecified atom stereocenters. The van der Waals surface area contributed by atoms with Crippen molar-refractivity contribution >= 4 is 43.6 Å². The van der Waals surface area contributed by atoms with E-state index in [1.807, 2.05) is 81.9 Å². The Bertz CT molecular complexity index is 3930. The van der Waals surface area contributed by atoms with Gasteiger partial charge in [-0.1, -0.05) is 6.07 Å². The van der Waals surface area contributed by atoms with Gasteiger partial charge in [-0.2, -0.15) is 23.7 Å². The molecule has 12 rings (SSSR count). The van der Waals surface area contributed by atoms with E-state index < -0.39 is 11.7 Å². The van der Waals surface area contributed by atoms with Crippen LogP contribution in [-0.2, 0) is 6.18 Å². The van der Waals surface area contributed by atoms with Gasteiger partial charge in [0.15, 0.2) is 23.3 Å². The van der Waals surface area contributed by atoms with Gasteiger partial charge in [0, 0.05) is 105 Å². The summed E-state index contributed by atoms with van der Waals surface area (Å²) in [7, 11) is 0. The lowest BCUT2D eigenvalue weighted by Gasteiger charge is -2.22. The highest BCUT2D eigenvalue weighted by molar-refractivity contribution is 6.13. The first-order chi connectivity index (χ1) is 34.3. The lowest BCUT2D eigenvalue weighted by molar-refractivity contribution is -0.137. The number of rotatable bonds is 7. The second kappa shape index (κ2) is 16.4. The molecule has 12 nitrogen and oxygen atoms in total.